The lowest BCUT2D eigenvalue weighted by molar-refractivity contribution is -0.113. The molecule has 0 spiro atoms. The number of benzene rings is 2. The van der Waals surface area contributed by atoms with Gasteiger partial charge in [0.1, 0.15) is 11.3 Å². The number of amides is 1. The van der Waals surface area contributed by atoms with Crippen LogP contribution >= 0.6 is 35.6 Å². The predicted octanol–water partition coefficient (Wildman–Crippen LogP) is 4.15. The Kier molecular flexibility index (Phi) is 4.80. The Hall–Kier alpha value is -2.35. The van der Waals surface area contributed by atoms with Crippen LogP contribution in [0.5, 0.6) is 5.75 Å². The van der Waals surface area contributed by atoms with Gasteiger partial charge in [0.2, 0.25) is 0 Å². The van der Waals surface area contributed by atoms with Crippen LogP contribution in [0.1, 0.15) is 15.9 Å². The van der Waals surface area contributed by atoms with E-state index in [4.69, 9.17) is 28.9 Å². The van der Waals surface area contributed by atoms with Gasteiger partial charge < -0.3 is 10.2 Å². The van der Waals surface area contributed by atoms with Crippen LogP contribution in [0.15, 0.2) is 47.4 Å². The summed E-state index contributed by atoms with van der Waals surface area (Å²) in [6.07, 6.45) is 1.70. The summed E-state index contributed by atoms with van der Waals surface area (Å²) in [7, 11) is 0. The second-order valence-electron chi connectivity index (χ2n) is 5.08. The highest BCUT2D eigenvalue weighted by Crippen LogP contribution is 2.37. The van der Waals surface area contributed by atoms with Crippen LogP contribution in [0.4, 0.5) is 5.69 Å². The van der Waals surface area contributed by atoms with Crippen LogP contribution in [-0.2, 0) is 4.79 Å². The zero-order valence-corrected chi connectivity index (χ0v) is 14.9. The smallest absolute Gasteiger partial charge is 0.339 e. The van der Waals surface area contributed by atoms with Crippen molar-refractivity contribution in [3.8, 4) is 5.75 Å². The van der Waals surface area contributed by atoms with E-state index in [9.17, 15) is 14.7 Å². The number of aromatic hydroxyl groups is 1. The summed E-state index contributed by atoms with van der Waals surface area (Å²) in [5, 5.41) is 19.4. The number of phenols is 1. The maximum atomic E-state index is 12.6. The van der Waals surface area contributed by atoms with Crippen LogP contribution < -0.4 is 4.90 Å². The molecule has 0 aromatic heterocycles. The van der Waals surface area contributed by atoms with Gasteiger partial charge in [-0.1, -0.05) is 47.7 Å². The number of hydrogen-bond donors (Lipinski definition) is 2. The molecule has 1 amide bonds. The summed E-state index contributed by atoms with van der Waals surface area (Å²) in [4.78, 5) is 25.3. The summed E-state index contributed by atoms with van der Waals surface area (Å²) < 4.78 is 0.299. The Morgan fingerprint density at radius 1 is 1.20 bits per heavy atom. The van der Waals surface area contributed by atoms with Crippen LogP contribution in [-0.4, -0.2) is 26.4 Å². The molecule has 0 unspecified atom stereocenters. The van der Waals surface area contributed by atoms with E-state index in [-0.39, 0.29) is 11.5 Å². The summed E-state index contributed by atoms with van der Waals surface area (Å²) in [6, 6.07) is 10.9. The molecule has 1 heterocycles. The van der Waals surface area contributed by atoms with Gasteiger partial charge in [0.05, 0.1) is 10.6 Å². The van der Waals surface area contributed by atoms with Crippen molar-refractivity contribution >= 4 is 63.5 Å². The minimum Gasteiger partial charge on any atom is -0.507 e. The average molecular weight is 392 g/mol. The highest BCUT2D eigenvalue weighted by molar-refractivity contribution is 8.27. The number of hydrogen-bond acceptors (Lipinski definition) is 5. The summed E-state index contributed by atoms with van der Waals surface area (Å²) in [6.45, 7) is 0. The van der Waals surface area contributed by atoms with Crippen molar-refractivity contribution in [3.63, 3.8) is 0 Å². The van der Waals surface area contributed by atoms with Crippen LogP contribution in [0.25, 0.3) is 6.08 Å². The number of carboxylic acid groups (broad SMARTS) is 1. The quantitative estimate of drug-likeness (QED) is 0.604. The van der Waals surface area contributed by atoms with E-state index in [2.05, 4.69) is 0 Å². The number of halogens is 1. The molecule has 0 bridgehead atoms. The molecule has 25 heavy (non-hydrogen) atoms. The van der Waals surface area contributed by atoms with Crippen molar-refractivity contribution < 1.29 is 19.8 Å². The van der Waals surface area contributed by atoms with Crippen LogP contribution in [0.2, 0.25) is 5.02 Å². The molecule has 3 rings (SSSR count). The van der Waals surface area contributed by atoms with E-state index in [1.807, 2.05) is 0 Å². The first kappa shape index (κ1) is 17.5. The first-order valence-corrected chi connectivity index (χ1v) is 8.57. The maximum Gasteiger partial charge on any atom is 0.339 e. The molecule has 8 heteroatoms. The maximum absolute atomic E-state index is 12.6. The fourth-order valence-corrected chi connectivity index (χ4v) is 3.67. The van der Waals surface area contributed by atoms with E-state index in [1.165, 1.54) is 23.1 Å². The molecule has 0 atom stereocenters. The number of aromatic carboxylic acids is 1. The number of carbonyl (C=O) groups is 2. The van der Waals surface area contributed by atoms with Crippen molar-refractivity contribution in [3.05, 3.63) is 63.5 Å². The Labute approximate surface area is 157 Å². The first-order chi connectivity index (χ1) is 11.9. The molecule has 2 aromatic rings. The van der Waals surface area contributed by atoms with Crippen molar-refractivity contribution in [2.24, 2.45) is 0 Å². The van der Waals surface area contributed by atoms with Gasteiger partial charge in [-0.25, -0.2) is 4.79 Å². The number of thiocarbonyl (C=S) groups is 1. The normalized spacial score (nSPS) is 15.9. The van der Waals surface area contributed by atoms with Crippen LogP contribution in [0, 0.1) is 0 Å². The monoisotopic (exact) mass is 391 g/mol. The molecule has 5 nitrogen and oxygen atoms in total. The van der Waals surface area contributed by atoms with Gasteiger partial charge in [-0.3, -0.25) is 9.69 Å². The van der Waals surface area contributed by atoms with Crippen LogP contribution in [0.3, 0.4) is 0 Å². The third kappa shape index (κ3) is 3.53. The lowest BCUT2D eigenvalue weighted by Crippen LogP contribution is -2.27. The molecule has 0 saturated carbocycles. The second-order valence-corrected chi connectivity index (χ2v) is 7.19. The molecule has 1 fully saturated rings. The predicted molar refractivity (Wildman–Crippen MR) is 102 cm³/mol. The molecule has 1 aliphatic heterocycles. The number of carbonyl (C=O) groups excluding carboxylic acids is 1. The fraction of sp³-hybridized carbons (Fsp3) is 0. The number of rotatable bonds is 3. The molecule has 1 saturated heterocycles. The summed E-state index contributed by atoms with van der Waals surface area (Å²) in [5.74, 6) is -2.02. The minimum atomic E-state index is -1.25. The summed E-state index contributed by atoms with van der Waals surface area (Å²) in [5.41, 5.74) is 0.865. The lowest BCUT2D eigenvalue weighted by Gasteiger charge is -2.15. The number of nitrogens with zero attached hydrogens (tertiary/aromatic N) is 1. The topological polar surface area (TPSA) is 77.8 Å². The van der Waals surface area contributed by atoms with Gasteiger partial charge in [0.15, 0.2) is 4.32 Å². The third-order valence-corrected chi connectivity index (χ3v) is 4.99. The number of carboxylic acids is 1. The first-order valence-electron chi connectivity index (χ1n) is 6.96. The molecule has 1 aliphatic rings. The zero-order valence-electron chi connectivity index (χ0n) is 12.5. The zero-order chi connectivity index (χ0) is 18.1. The van der Waals surface area contributed by atoms with E-state index in [1.54, 1.807) is 30.3 Å². The van der Waals surface area contributed by atoms with E-state index >= 15 is 0 Å². The lowest BCUT2D eigenvalue weighted by atomic mass is 10.1. The second kappa shape index (κ2) is 6.87. The molecule has 2 N–H and O–H groups in total. The Bertz CT molecular complexity index is 925. The molecule has 2 aromatic carbocycles. The third-order valence-electron chi connectivity index (χ3n) is 3.43. The van der Waals surface area contributed by atoms with Gasteiger partial charge in [0, 0.05) is 11.1 Å². The Morgan fingerprint density at radius 3 is 2.48 bits per heavy atom. The highest BCUT2D eigenvalue weighted by Gasteiger charge is 2.33. The molecule has 126 valence electrons. The SMILES string of the molecule is O=C(O)c1ccc(N2C(=O)/C(=C/c3ccc(Cl)cc3)SC2=S)cc1O. The highest BCUT2D eigenvalue weighted by atomic mass is 35.5. The minimum absolute atomic E-state index is 0.245. The number of thioether (sulfide) groups is 1. The van der Waals surface area contributed by atoms with Gasteiger partial charge in [0.25, 0.3) is 5.91 Å². The summed E-state index contributed by atoms with van der Waals surface area (Å²) >= 11 is 12.2. The van der Waals surface area contributed by atoms with Crippen molar-refractivity contribution in [1.82, 2.24) is 0 Å². The van der Waals surface area contributed by atoms with E-state index in [0.717, 1.165) is 17.3 Å². The fourth-order valence-electron chi connectivity index (χ4n) is 2.24. The van der Waals surface area contributed by atoms with E-state index < -0.39 is 11.7 Å². The molecular formula is C17H10ClNO4S2. The van der Waals surface area contributed by atoms with Gasteiger partial charge >= 0.3 is 5.97 Å². The van der Waals surface area contributed by atoms with Gasteiger partial charge in [-0.15, -0.1) is 0 Å². The molecule has 0 radical (unpaired) electrons. The van der Waals surface area contributed by atoms with Crippen molar-refractivity contribution in [1.29, 1.82) is 0 Å². The molecular weight excluding hydrogens is 382 g/mol. The van der Waals surface area contributed by atoms with Crippen molar-refractivity contribution in [2.75, 3.05) is 4.90 Å². The average Bonchev–Trinajstić information content (AvgIpc) is 2.83. The largest absolute Gasteiger partial charge is 0.507 e. The van der Waals surface area contributed by atoms with Crippen molar-refractivity contribution in [2.45, 2.75) is 0 Å². The molecule has 0 aliphatic carbocycles. The van der Waals surface area contributed by atoms with E-state index in [0.29, 0.717) is 19.9 Å². The Balaban J connectivity index is 1.93. The van der Waals surface area contributed by atoms with Gasteiger partial charge in [-0.2, -0.15) is 0 Å². The number of anilines is 1. The standard InChI is InChI=1S/C17H10ClNO4S2/c18-10-3-1-9(2-4-10)7-14-15(21)19(17(24)25-14)11-5-6-12(16(22)23)13(20)8-11/h1-8,20H,(H,22,23)/b14-7-. The van der Waals surface area contributed by atoms with Gasteiger partial charge in [-0.05, 0) is 35.9 Å². The Morgan fingerprint density at radius 2 is 1.88 bits per heavy atom.